The number of hydrogen-bond donors (Lipinski definition) is 3. The van der Waals surface area contributed by atoms with Crippen LogP contribution < -0.4 is 20.8 Å². The molecule has 0 saturated heterocycles. The highest BCUT2D eigenvalue weighted by molar-refractivity contribution is 6.45. The van der Waals surface area contributed by atoms with E-state index in [1.807, 2.05) is 0 Å². The highest BCUT2D eigenvalue weighted by Crippen LogP contribution is 2.29. The van der Waals surface area contributed by atoms with Crippen LogP contribution in [0.4, 0.5) is 11.4 Å². The SMILES string of the molecule is Cc1c(Cl)cccc1NC(=O)COc1cccc(/C=N\NC(=O)C(=O)Nc2cccc(Cl)c2Cl)c1. The summed E-state index contributed by atoms with van der Waals surface area (Å²) in [6, 6.07) is 16.5. The van der Waals surface area contributed by atoms with Crippen molar-refractivity contribution in [2.24, 2.45) is 5.10 Å². The molecule has 0 bridgehead atoms. The third-order valence-corrected chi connectivity index (χ3v) is 5.78. The number of anilines is 2. The number of nitrogens with one attached hydrogen (secondary N) is 3. The second kappa shape index (κ2) is 12.2. The van der Waals surface area contributed by atoms with Crippen LogP contribution in [0.2, 0.25) is 15.1 Å². The molecule has 0 aliphatic heterocycles. The van der Waals surface area contributed by atoms with Gasteiger partial charge in [-0.15, -0.1) is 0 Å². The van der Waals surface area contributed by atoms with Crippen LogP contribution >= 0.6 is 34.8 Å². The molecule has 0 aromatic heterocycles. The maximum Gasteiger partial charge on any atom is 0.329 e. The number of carbonyl (C=O) groups is 3. The van der Waals surface area contributed by atoms with Gasteiger partial charge < -0.3 is 15.4 Å². The normalized spacial score (nSPS) is 10.6. The molecular formula is C24H19Cl3N4O4. The average Bonchev–Trinajstić information content (AvgIpc) is 2.84. The van der Waals surface area contributed by atoms with Crippen molar-refractivity contribution in [3.63, 3.8) is 0 Å². The molecule has 8 nitrogen and oxygen atoms in total. The number of amides is 3. The van der Waals surface area contributed by atoms with Gasteiger partial charge in [-0.2, -0.15) is 5.10 Å². The van der Waals surface area contributed by atoms with Crippen LogP contribution in [0.5, 0.6) is 5.75 Å². The fourth-order valence-electron chi connectivity index (χ4n) is 2.76. The van der Waals surface area contributed by atoms with E-state index in [9.17, 15) is 14.4 Å². The molecule has 180 valence electrons. The zero-order chi connectivity index (χ0) is 25.4. The molecule has 0 spiro atoms. The van der Waals surface area contributed by atoms with Gasteiger partial charge in [-0.05, 0) is 54.4 Å². The lowest BCUT2D eigenvalue weighted by Gasteiger charge is -2.10. The Bertz CT molecular complexity index is 1300. The third kappa shape index (κ3) is 7.45. The number of hydrazone groups is 1. The van der Waals surface area contributed by atoms with E-state index in [-0.39, 0.29) is 28.2 Å². The summed E-state index contributed by atoms with van der Waals surface area (Å²) in [5.41, 5.74) is 4.24. The summed E-state index contributed by atoms with van der Waals surface area (Å²) in [4.78, 5) is 36.2. The maximum absolute atomic E-state index is 12.2. The molecule has 0 fully saturated rings. The monoisotopic (exact) mass is 532 g/mol. The minimum Gasteiger partial charge on any atom is -0.484 e. The number of nitrogens with zero attached hydrogens (tertiary/aromatic N) is 1. The van der Waals surface area contributed by atoms with Crippen molar-refractivity contribution in [3.05, 3.63) is 86.9 Å². The van der Waals surface area contributed by atoms with E-state index in [1.54, 1.807) is 61.5 Å². The van der Waals surface area contributed by atoms with Gasteiger partial charge in [-0.3, -0.25) is 14.4 Å². The summed E-state index contributed by atoms with van der Waals surface area (Å²) < 4.78 is 5.52. The van der Waals surface area contributed by atoms with E-state index >= 15 is 0 Å². The van der Waals surface area contributed by atoms with E-state index in [2.05, 4.69) is 21.2 Å². The molecule has 0 radical (unpaired) electrons. The Morgan fingerprint density at radius 1 is 0.886 bits per heavy atom. The Morgan fingerprint density at radius 3 is 2.34 bits per heavy atom. The molecular weight excluding hydrogens is 515 g/mol. The number of ether oxygens (including phenoxy) is 1. The number of rotatable bonds is 7. The molecule has 3 aromatic rings. The van der Waals surface area contributed by atoms with Crippen LogP contribution in [-0.4, -0.2) is 30.5 Å². The highest BCUT2D eigenvalue weighted by atomic mass is 35.5. The zero-order valence-electron chi connectivity index (χ0n) is 18.3. The number of benzene rings is 3. The maximum atomic E-state index is 12.2. The summed E-state index contributed by atoms with van der Waals surface area (Å²) >= 11 is 17.9. The smallest absolute Gasteiger partial charge is 0.329 e. The van der Waals surface area contributed by atoms with Gasteiger partial charge in [0, 0.05) is 10.7 Å². The lowest BCUT2D eigenvalue weighted by atomic mass is 10.2. The van der Waals surface area contributed by atoms with Gasteiger partial charge in [0.05, 0.1) is 21.9 Å². The summed E-state index contributed by atoms with van der Waals surface area (Å²) in [5.74, 6) is -1.92. The van der Waals surface area contributed by atoms with Gasteiger partial charge in [0.15, 0.2) is 6.61 Å². The summed E-state index contributed by atoms with van der Waals surface area (Å²) in [6.07, 6.45) is 1.32. The van der Waals surface area contributed by atoms with Crippen molar-refractivity contribution in [1.29, 1.82) is 0 Å². The standard InChI is InChI=1S/C24H19Cl3N4O4/c1-14-17(25)7-3-9-19(14)29-21(32)13-35-16-6-2-5-15(11-16)12-28-31-24(34)23(33)30-20-10-4-8-18(26)22(20)27/h2-12H,13H2,1H3,(H,29,32)(H,30,33)(H,31,34)/b28-12-. The average molecular weight is 534 g/mol. The van der Waals surface area contributed by atoms with Crippen LogP contribution in [0.1, 0.15) is 11.1 Å². The van der Waals surface area contributed by atoms with Crippen molar-refractivity contribution in [3.8, 4) is 5.75 Å². The van der Waals surface area contributed by atoms with E-state index in [4.69, 9.17) is 39.5 Å². The molecule has 0 atom stereocenters. The molecule has 3 aromatic carbocycles. The predicted molar refractivity (Wildman–Crippen MR) is 138 cm³/mol. The molecule has 11 heteroatoms. The van der Waals surface area contributed by atoms with Gasteiger partial charge in [0.2, 0.25) is 0 Å². The van der Waals surface area contributed by atoms with Crippen LogP contribution in [0, 0.1) is 6.92 Å². The van der Waals surface area contributed by atoms with Crippen molar-refractivity contribution >= 4 is 70.1 Å². The zero-order valence-corrected chi connectivity index (χ0v) is 20.5. The van der Waals surface area contributed by atoms with Crippen LogP contribution in [0.3, 0.4) is 0 Å². The summed E-state index contributed by atoms with van der Waals surface area (Å²) in [6.45, 7) is 1.58. The topological polar surface area (TPSA) is 109 Å². The largest absolute Gasteiger partial charge is 0.484 e. The van der Waals surface area contributed by atoms with E-state index in [0.717, 1.165) is 5.56 Å². The molecule has 0 saturated carbocycles. The molecule has 0 unspecified atom stereocenters. The van der Waals surface area contributed by atoms with Crippen LogP contribution in [0.15, 0.2) is 65.8 Å². The first-order chi connectivity index (χ1) is 16.7. The van der Waals surface area contributed by atoms with Crippen molar-refractivity contribution in [1.82, 2.24) is 5.43 Å². The lowest BCUT2D eigenvalue weighted by Crippen LogP contribution is -2.32. The molecule has 3 N–H and O–H groups in total. The Morgan fingerprint density at radius 2 is 1.57 bits per heavy atom. The minimum absolute atomic E-state index is 0.118. The third-order valence-electron chi connectivity index (χ3n) is 4.56. The fourth-order valence-corrected chi connectivity index (χ4v) is 3.28. The van der Waals surface area contributed by atoms with Gasteiger partial charge in [-0.25, -0.2) is 5.43 Å². The van der Waals surface area contributed by atoms with Gasteiger partial charge in [0.1, 0.15) is 5.75 Å². The summed E-state index contributed by atoms with van der Waals surface area (Å²) in [5, 5.41) is 9.76. The molecule has 0 aliphatic rings. The van der Waals surface area contributed by atoms with Gasteiger partial charge >= 0.3 is 11.8 Å². The second-order valence-corrected chi connectivity index (χ2v) is 8.27. The van der Waals surface area contributed by atoms with Crippen LogP contribution in [0.25, 0.3) is 0 Å². The quantitative estimate of drug-likeness (QED) is 0.224. The van der Waals surface area contributed by atoms with Gasteiger partial charge in [0.25, 0.3) is 5.91 Å². The highest BCUT2D eigenvalue weighted by Gasteiger charge is 2.15. The fraction of sp³-hybridized carbons (Fsp3) is 0.0833. The number of halogens is 3. The van der Waals surface area contributed by atoms with Crippen molar-refractivity contribution < 1.29 is 19.1 Å². The van der Waals surface area contributed by atoms with Crippen molar-refractivity contribution in [2.45, 2.75) is 6.92 Å². The Kier molecular flexibility index (Phi) is 9.08. The second-order valence-electron chi connectivity index (χ2n) is 7.08. The molecule has 35 heavy (non-hydrogen) atoms. The van der Waals surface area contributed by atoms with Crippen molar-refractivity contribution in [2.75, 3.05) is 17.2 Å². The molecule has 0 aliphatic carbocycles. The first-order valence-corrected chi connectivity index (χ1v) is 11.2. The number of carbonyl (C=O) groups excluding carboxylic acids is 3. The first kappa shape index (κ1) is 26.0. The molecule has 0 heterocycles. The van der Waals surface area contributed by atoms with Crippen LogP contribution in [-0.2, 0) is 14.4 Å². The Hall–Kier alpha value is -3.59. The first-order valence-electron chi connectivity index (χ1n) is 10.1. The summed E-state index contributed by atoms with van der Waals surface area (Å²) in [7, 11) is 0. The van der Waals surface area contributed by atoms with E-state index < -0.39 is 11.8 Å². The van der Waals surface area contributed by atoms with Gasteiger partial charge in [-0.1, -0.05) is 59.1 Å². The van der Waals surface area contributed by atoms with E-state index in [0.29, 0.717) is 22.0 Å². The molecule has 3 rings (SSSR count). The Balaban J connectivity index is 1.51. The molecule has 3 amide bonds. The number of hydrogen-bond acceptors (Lipinski definition) is 5. The lowest BCUT2D eigenvalue weighted by molar-refractivity contribution is -0.136. The minimum atomic E-state index is -1.00. The van der Waals surface area contributed by atoms with E-state index in [1.165, 1.54) is 12.3 Å². The Labute approximate surface area is 216 Å². The predicted octanol–water partition coefficient (Wildman–Crippen LogP) is 5.06.